The monoisotopic (exact) mass is 325 g/mol. The van der Waals surface area contributed by atoms with Crippen LogP contribution in [0.2, 0.25) is 0 Å². The minimum atomic E-state index is 0.0463. The standard InChI is InChI=1S/C19H23N3O2/c20-10-14-2-1-3-16(14)18(23)22-15-8-6-12(7-9-15)17-11-21-19(24-17)13-4-5-13/h6-9,11,13-14,16H,1-5,10,20H2,(H,22,23)/t14-,16-/m1/s1. The molecule has 1 aromatic heterocycles. The first kappa shape index (κ1) is 15.4. The minimum Gasteiger partial charge on any atom is -0.440 e. The van der Waals surface area contributed by atoms with Gasteiger partial charge in [-0.25, -0.2) is 4.98 Å². The molecule has 3 N–H and O–H groups in total. The lowest BCUT2D eigenvalue weighted by atomic mass is 9.95. The van der Waals surface area contributed by atoms with Gasteiger partial charge >= 0.3 is 0 Å². The molecule has 1 aromatic carbocycles. The summed E-state index contributed by atoms with van der Waals surface area (Å²) in [5.41, 5.74) is 7.56. The predicted octanol–water partition coefficient (Wildman–Crippen LogP) is 3.53. The molecular formula is C19H23N3O2. The lowest BCUT2D eigenvalue weighted by Gasteiger charge is -2.17. The molecule has 2 saturated carbocycles. The Morgan fingerprint density at radius 2 is 2.00 bits per heavy atom. The first-order valence-electron chi connectivity index (χ1n) is 8.81. The highest BCUT2D eigenvalue weighted by molar-refractivity contribution is 5.93. The van der Waals surface area contributed by atoms with Crippen molar-refractivity contribution >= 4 is 11.6 Å². The van der Waals surface area contributed by atoms with E-state index in [0.29, 0.717) is 18.4 Å². The Hall–Kier alpha value is -2.14. The van der Waals surface area contributed by atoms with Crippen LogP contribution >= 0.6 is 0 Å². The Labute approximate surface area is 141 Å². The molecule has 2 aliphatic carbocycles. The fraction of sp³-hybridized carbons (Fsp3) is 0.474. The van der Waals surface area contributed by atoms with Gasteiger partial charge in [-0.05, 0) is 62.4 Å². The van der Waals surface area contributed by atoms with Crippen LogP contribution in [-0.4, -0.2) is 17.4 Å². The quantitative estimate of drug-likeness (QED) is 0.881. The van der Waals surface area contributed by atoms with Crippen LogP contribution in [0.3, 0.4) is 0 Å². The van der Waals surface area contributed by atoms with Gasteiger partial charge in [0.25, 0.3) is 0 Å². The maximum Gasteiger partial charge on any atom is 0.227 e. The molecule has 5 heteroatoms. The highest BCUT2D eigenvalue weighted by Gasteiger charge is 2.32. The van der Waals surface area contributed by atoms with E-state index in [-0.39, 0.29) is 11.8 Å². The van der Waals surface area contributed by atoms with Crippen LogP contribution in [0, 0.1) is 11.8 Å². The molecule has 4 rings (SSSR count). The van der Waals surface area contributed by atoms with Crippen molar-refractivity contribution in [2.24, 2.45) is 17.6 Å². The molecule has 2 aromatic rings. The van der Waals surface area contributed by atoms with E-state index < -0.39 is 0 Å². The number of nitrogens with two attached hydrogens (primary N) is 1. The second kappa shape index (κ2) is 6.40. The average molecular weight is 325 g/mol. The van der Waals surface area contributed by atoms with Crippen LogP contribution in [0.15, 0.2) is 34.9 Å². The number of anilines is 1. The van der Waals surface area contributed by atoms with Gasteiger partial charge in [0.1, 0.15) is 0 Å². The molecule has 1 amide bonds. The minimum absolute atomic E-state index is 0.0463. The number of carbonyl (C=O) groups is 1. The van der Waals surface area contributed by atoms with Crippen molar-refractivity contribution < 1.29 is 9.21 Å². The molecular weight excluding hydrogens is 302 g/mol. The number of aromatic nitrogens is 1. The predicted molar refractivity (Wildman–Crippen MR) is 92.4 cm³/mol. The van der Waals surface area contributed by atoms with Gasteiger partial charge in [0, 0.05) is 23.1 Å². The van der Waals surface area contributed by atoms with Crippen molar-refractivity contribution in [2.45, 2.75) is 38.0 Å². The summed E-state index contributed by atoms with van der Waals surface area (Å²) < 4.78 is 5.81. The molecule has 1 heterocycles. The first-order valence-corrected chi connectivity index (χ1v) is 8.81. The zero-order valence-corrected chi connectivity index (χ0v) is 13.7. The van der Waals surface area contributed by atoms with E-state index in [1.807, 2.05) is 24.3 Å². The summed E-state index contributed by atoms with van der Waals surface area (Å²) >= 11 is 0. The van der Waals surface area contributed by atoms with Gasteiger partial charge in [-0.2, -0.15) is 0 Å². The van der Waals surface area contributed by atoms with E-state index in [0.717, 1.165) is 42.2 Å². The van der Waals surface area contributed by atoms with Gasteiger partial charge in [0.15, 0.2) is 11.7 Å². The fourth-order valence-electron chi connectivity index (χ4n) is 3.56. The van der Waals surface area contributed by atoms with Crippen molar-refractivity contribution in [3.63, 3.8) is 0 Å². The molecule has 126 valence electrons. The lowest BCUT2D eigenvalue weighted by Crippen LogP contribution is -2.29. The third kappa shape index (κ3) is 3.08. The van der Waals surface area contributed by atoms with Gasteiger partial charge < -0.3 is 15.5 Å². The maximum absolute atomic E-state index is 12.4. The van der Waals surface area contributed by atoms with Gasteiger partial charge in [0.2, 0.25) is 5.91 Å². The molecule has 0 radical (unpaired) electrons. The van der Waals surface area contributed by atoms with E-state index >= 15 is 0 Å². The molecule has 2 fully saturated rings. The smallest absolute Gasteiger partial charge is 0.227 e. The lowest BCUT2D eigenvalue weighted by molar-refractivity contribution is -0.120. The van der Waals surface area contributed by atoms with E-state index in [1.165, 1.54) is 12.8 Å². The molecule has 0 aliphatic heterocycles. The summed E-state index contributed by atoms with van der Waals surface area (Å²) in [6.07, 6.45) is 7.22. The van der Waals surface area contributed by atoms with E-state index in [4.69, 9.17) is 10.2 Å². The number of hydrogen-bond acceptors (Lipinski definition) is 4. The van der Waals surface area contributed by atoms with Crippen LogP contribution < -0.4 is 11.1 Å². The van der Waals surface area contributed by atoms with Gasteiger partial charge in [-0.15, -0.1) is 0 Å². The average Bonchev–Trinajstić information content (AvgIpc) is 3.14. The number of rotatable bonds is 5. The van der Waals surface area contributed by atoms with Crippen LogP contribution in [0.25, 0.3) is 11.3 Å². The van der Waals surface area contributed by atoms with Crippen molar-refractivity contribution in [3.05, 3.63) is 36.4 Å². The van der Waals surface area contributed by atoms with Gasteiger partial charge in [0.05, 0.1) is 6.20 Å². The highest BCUT2D eigenvalue weighted by atomic mass is 16.4. The van der Waals surface area contributed by atoms with Crippen molar-refractivity contribution in [2.75, 3.05) is 11.9 Å². The zero-order valence-electron chi connectivity index (χ0n) is 13.7. The van der Waals surface area contributed by atoms with E-state index in [1.54, 1.807) is 6.20 Å². The van der Waals surface area contributed by atoms with E-state index in [2.05, 4.69) is 10.3 Å². The third-order valence-corrected chi connectivity index (χ3v) is 5.19. The normalized spacial score (nSPS) is 23.4. The summed E-state index contributed by atoms with van der Waals surface area (Å²) in [4.78, 5) is 16.8. The SMILES string of the molecule is NC[C@H]1CCC[C@H]1C(=O)Nc1ccc(-c2cnc(C3CC3)o2)cc1. The molecule has 5 nitrogen and oxygen atoms in total. The number of nitrogens with one attached hydrogen (secondary N) is 1. The molecule has 2 atom stereocenters. The van der Waals surface area contributed by atoms with Crippen molar-refractivity contribution in [1.82, 2.24) is 4.98 Å². The number of carbonyl (C=O) groups excluding carboxylic acids is 1. The number of benzene rings is 1. The molecule has 0 bridgehead atoms. The Kier molecular flexibility index (Phi) is 4.10. The van der Waals surface area contributed by atoms with Gasteiger partial charge in [-0.3, -0.25) is 4.79 Å². The van der Waals surface area contributed by atoms with Crippen molar-refractivity contribution in [1.29, 1.82) is 0 Å². The van der Waals surface area contributed by atoms with E-state index in [9.17, 15) is 4.79 Å². The van der Waals surface area contributed by atoms with Crippen LogP contribution in [0.5, 0.6) is 0 Å². The Morgan fingerprint density at radius 3 is 2.71 bits per heavy atom. The molecule has 0 unspecified atom stereocenters. The van der Waals surface area contributed by atoms with Crippen LogP contribution in [0.1, 0.15) is 43.9 Å². The second-order valence-electron chi connectivity index (χ2n) is 6.94. The highest BCUT2D eigenvalue weighted by Crippen LogP contribution is 2.40. The first-order chi connectivity index (χ1) is 11.7. The maximum atomic E-state index is 12.4. The summed E-state index contributed by atoms with van der Waals surface area (Å²) in [5.74, 6) is 2.60. The second-order valence-corrected chi connectivity index (χ2v) is 6.94. The summed E-state index contributed by atoms with van der Waals surface area (Å²) in [6, 6.07) is 7.75. The Bertz CT molecular complexity index is 718. The number of oxazole rings is 1. The fourth-order valence-corrected chi connectivity index (χ4v) is 3.56. The van der Waals surface area contributed by atoms with Gasteiger partial charge in [-0.1, -0.05) is 6.42 Å². The zero-order chi connectivity index (χ0) is 16.5. The number of nitrogens with zero attached hydrogens (tertiary/aromatic N) is 1. The Morgan fingerprint density at radius 1 is 1.21 bits per heavy atom. The molecule has 2 aliphatic rings. The summed E-state index contributed by atoms with van der Waals surface area (Å²) in [7, 11) is 0. The molecule has 0 saturated heterocycles. The summed E-state index contributed by atoms with van der Waals surface area (Å²) in [5, 5.41) is 3.02. The van der Waals surface area contributed by atoms with Crippen molar-refractivity contribution in [3.8, 4) is 11.3 Å². The Balaban J connectivity index is 1.42. The van der Waals surface area contributed by atoms with Crippen LogP contribution in [-0.2, 0) is 4.79 Å². The number of amides is 1. The molecule has 0 spiro atoms. The number of hydrogen-bond donors (Lipinski definition) is 2. The molecule has 24 heavy (non-hydrogen) atoms. The summed E-state index contributed by atoms with van der Waals surface area (Å²) in [6.45, 7) is 0.589. The van der Waals surface area contributed by atoms with Crippen LogP contribution in [0.4, 0.5) is 5.69 Å². The third-order valence-electron chi connectivity index (χ3n) is 5.19. The topological polar surface area (TPSA) is 81.2 Å². The largest absolute Gasteiger partial charge is 0.440 e.